The summed E-state index contributed by atoms with van der Waals surface area (Å²) in [7, 11) is 0. The first-order chi connectivity index (χ1) is 7.56. The third-order valence-corrected chi connectivity index (χ3v) is 3.43. The number of carbonyl (C=O) groups is 1. The molecule has 1 N–H and O–H groups in total. The number of hydrogen-bond acceptors (Lipinski definition) is 3. The van der Waals surface area contributed by atoms with Crippen LogP contribution in [-0.4, -0.2) is 24.7 Å². The molecular formula is C13H25NO2. The molecular weight excluding hydrogens is 202 g/mol. The van der Waals surface area contributed by atoms with Gasteiger partial charge >= 0.3 is 5.97 Å². The molecule has 0 aromatic heterocycles. The van der Waals surface area contributed by atoms with E-state index in [0.717, 1.165) is 38.8 Å². The predicted octanol–water partition coefficient (Wildman–Crippen LogP) is 2.50. The minimum Gasteiger partial charge on any atom is -0.459 e. The monoisotopic (exact) mass is 227 g/mol. The van der Waals surface area contributed by atoms with Crippen LogP contribution in [0.2, 0.25) is 0 Å². The van der Waals surface area contributed by atoms with Gasteiger partial charge in [-0.25, -0.2) is 0 Å². The Morgan fingerprint density at radius 2 is 2.00 bits per heavy atom. The Balaban J connectivity index is 2.39. The van der Waals surface area contributed by atoms with Crippen LogP contribution in [0.3, 0.4) is 0 Å². The minimum absolute atomic E-state index is 0.0367. The topological polar surface area (TPSA) is 38.3 Å². The van der Waals surface area contributed by atoms with Crippen molar-refractivity contribution in [2.24, 2.45) is 5.92 Å². The molecule has 16 heavy (non-hydrogen) atoms. The highest BCUT2D eigenvalue weighted by atomic mass is 16.6. The van der Waals surface area contributed by atoms with Crippen LogP contribution in [0.5, 0.6) is 0 Å². The summed E-state index contributed by atoms with van der Waals surface area (Å²) in [5.41, 5.74) is -0.299. The van der Waals surface area contributed by atoms with E-state index in [9.17, 15) is 4.79 Å². The first kappa shape index (κ1) is 13.5. The highest BCUT2D eigenvalue weighted by Crippen LogP contribution is 2.29. The Hall–Kier alpha value is -0.570. The lowest BCUT2D eigenvalue weighted by Gasteiger charge is -2.36. The standard InChI is InChI=1S/C13H25NO2/c1-4-5-6-12(15)16-13(2,3)11-7-9-14-10-8-11/h11,14H,4-10H2,1-3H3. The molecule has 3 nitrogen and oxygen atoms in total. The van der Waals surface area contributed by atoms with Gasteiger partial charge in [0.15, 0.2) is 0 Å². The van der Waals surface area contributed by atoms with Crippen molar-refractivity contribution in [1.29, 1.82) is 0 Å². The quantitative estimate of drug-likeness (QED) is 0.733. The Bertz CT molecular complexity index is 220. The van der Waals surface area contributed by atoms with Gasteiger partial charge < -0.3 is 10.1 Å². The zero-order valence-corrected chi connectivity index (χ0v) is 10.8. The molecule has 0 unspecified atom stereocenters. The predicted molar refractivity (Wildman–Crippen MR) is 65.3 cm³/mol. The lowest BCUT2D eigenvalue weighted by molar-refractivity contribution is -0.162. The van der Waals surface area contributed by atoms with Gasteiger partial charge in [0.2, 0.25) is 0 Å². The molecule has 1 saturated heterocycles. The number of unbranched alkanes of at least 4 members (excludes halogenated alkanes) is 1. The minimum atomic E-state index is -0.299. The number of carbonyl (C=O) groups excluding carboxylic acids is 1. The van der Waals surface area contributed by atoms with E-state index in [1.54, 1.807) is 0 Å². The van der Waals surface area contributed by atoms with Gasteiger partial charge in [-0.05, 0) is 46.2 Å². The van der Waals surface area contributed by atoms with Crippen molar-refractivity contribution in [2.45, 2.75) is 58.5 Å². The van der Waals surface area contributed by atoms with Crippen molar-refractivity contribution >= 4 is 5.97 Å². The fraction of sp³-hybridized carbons (Fsp3) is 0.923. The second kappa shape index (κ2) is 6.24. The number of rotatable bonds is 5. The molecule has 1 heterocycles. The van der Waals surface area contributed by atoms with Crippen molar-refractivity contribution < 1.29 is 9.53 Å². The summed E-state index contributed by atoms with van der Waals surface area (Å²) in [5, 5.41) is 3.33. The maximum atomic E-state index is 11.6. The van der Waals surface area contributed by atoms with E-state index in [2.05, 4.69) is 12.2 Å². The van der Waals surface area contributed by atoms with Gasteiger partial charge in [0.25, 0.3) is 0 Å². The first-order valence-electron chi connectivity index (χ1n) is 6.49. The van der Waals surface area contributed by atoms with Crippen LogP contribution in [0.25, 0.3) is 0 Å². The van der Waals surface area contributed by atoms with Gasteiger partial charge in [-0.3, -0.25) is 4.79 Å². The van der Waals surface area contributed by atoms with Crippen molar-refractivity contribution in [3.05, 3.63) is 0 Å². The summed E-state index contributed by atoms with van der Waals surface area (Å²) in [6.07, 6.45) is 4.75. The smallest absolute Gasteiger partial charge is 0.306 e. The number of hydrogen-bond donors (Lipinski definition) is 1. The first-order valence-corrected chi connectivity index (χ1v) is 6.49. The molecule has 0 bridgehead atoms. The third kappa shape index (κ3) is 4.12. The lowest BCUT2D eigenvalue weighted by atomic mass is 9.83. The van der Waals surface area contributed by atoms with Crippen LogP contribution in [0.1, 0.15) is 52.9 Å². The van der Waals surface area contributed by atoms with Crippen LogP contribution < -0.4 is 5.32 Å². The molecule has 1 fully saturated rings. The van der Waals surface area contributed by atoms with Crippen LogP contribution >= 0.6 is 0 Å². The molecule has 1 aliphatic heterocycles. The summed E-state index contributed by atoms with van der Waals surface area (Å²) in [5.74, 6) is 0.463. The molecule has 3 heteroatoms. The van der Waals surface area contributed by atoms with Gasteiger partial charge in [0.1, 0.15) is 5.60 Å². The maximum absolute atomic E-state index is 11.6. The molecule has 0 radical (unpaired) electrons. The van der Waals surface area contributed by atoms with Crippen molar-refractivity contribution in [1.82, 2.24) is 5.32 Å². The number of esters is 1. The van der Waals surface area contributed by atoms with E-state index in [1.807, 2.05) is 13.8 Å². The molecule has 0 aliphatic carbocycles. The number of piperidine rings is 1. The highest BCUT2D eigenvalue weighted by molar-refractivity contribution is 5.69. The van der Waals surface area contributed by atoms with Crippen LogP contribution in [0, 0.1) is 5.92 Å². The fourth-order valence-corrected chi connectivity index (χ4v) is 2.27. The van der Waals surface area contributed by atoms with Crippen LogP contribution in [0.15, 0.2) is 0 Å². The van der Waals surface area contributed by atoms with Gasteiger partial charge in [0, 0.05) is 12.3 Å². The molecule has 0 amide bonds. The van der Waals surface area contributed by atoms with Gasteiger partial charge in [-0.1, -0.05) is 13.3 Å². The average Bonchev–Trinajstić information content (AvgIpc) is 2.27. The zero-order valence-electron chi connectivity index (χ0n) is 10.8. The largest absolute Gasteiger partial charge is 0.459 e. The van der Waals surface area contributed by atoms with Crippen LogP contribution in [-0.2, 0) is 9.53 Å². The van der Waals surface area contributed by atoms with E-state index in [0.29, 0.717) is 12.3 Å². The third-order valence-electron chi connectivity index (χ3n) is 3.43. The van der Waals surface area contributed by atoms with Gasteiger partial charge in [0.05, 0.1) is 0 Å². The number of ether oxygens (including phenoxy) is 1. The fourth-order valence-electron chi connectivity index (χ4n) is 2.27. The zero-order chi connectivity index (χ0) is 12.0. The van der Waals surface area contributed by atoms with Gasteiger partial charge in [-0.2, -0.15) is 0 Å². The van der Waals surface area contributed by atoms with E-state index in [4.69, 9.17) is 4.74 Å². The van der Waals surface area contributed by atoms with E-state index in [1.165, 1.54) is 0 Å². The Morgan fingerprint density at radius 3 is 2.56 bits per heavy atom. The van der Waals surface area contributed by atoms with Crippen molar-refractivity contribution in [3.8, 4) is 0 Å². The van der Waals surface area contributed by atoms with Gasteiger partial charge in [-0.15, -0.1) is 0 Å². The van der Waals surface area contributed by atoms with E-state index >= 15 is 0 Å². The second-order valence-corrected chi connectivity index (χ2v) is 5.21. The van der Waals surface area contributed by atoms with E-state index in [-0.39, 0.29) is 11.6 Å². The van der Waals surface area contributed by atoms with E-state index < -0.39 is 0 Å². The maximum Gasteiger partial charge on any atom is 0.306 e. The summed E-state index contributed by atoms with van der Waals surface area (Å²) in [4.78, 5) is 11.6. The normalized spacial score (nSPS) is 18.4. The van der Waals surface area contributed by atoms with Crippen molar-refractivity contribution in [2.75, 3.05) is 13.1 Å². The SMILES string of the molecule is CCCCC(=O)OC(C)(C)C1CCNCC1. The summed E-state index contributed by atoms with van der Waals surface area (Å²) >= 11 is 0. The molecule has 1 aliphatic rings. The summed E-state index contributed by atoms with van der Waals surface area (Å²) in [6.45, 7) is 8.27. The average molecular weight is 227 g/mol. The molecule has 94 valence electrons. The second-order valence-electron chi connectivity index (χ2n) is 5.21. The molecule has 0 atom stereocenters. The van der Waals surface area contributed by atoms with Crippen molar-refractivity contribution in [3.63, 3.8) is 0 Å². The molecule has 1 rings (SSSR count). The molecule has 0 aromatic carbocycles. The Kier molecular flexibility index (Phi) is 5.26. The Labute approximate surface area is 98.9 Å². The summed E-state index contributed by atoms with van der Waals surface area (Å²) in [6, 6.07) is 0. The molecule has 0 spiro atoms. The highest BCUT2D eigenvalue weighted by Gasteiger charge is 2.33. The molecule has 0 saturated carbocycles. The molecule has 0 aromatic rings. The van der Waals surface area contributed by atoms with Crippen LogP contribution in [0.4, 0.5) is 0 Å². The lowest BCUT2D eigenvalue weighted by Crippen LogP contribution is -2.42. The number of nitrogens with one attached hydrogen (secondary N) is 1. The summed E-state index contributed by atoms with van der Waals surface area (Å²) < 4.78 is 5.61. The Morgan fingerprint density at radius 1 is 1.38 bits per heavy atom.